The summed E-state index contributed by atoms with van der Waals surface area (Å²) in [5.74, 6) is -2.32. The molecular formula is C17H18F2N2O3S. The standard InChI is InChI=1S/C17H18F2N2O3S/c1-3-21(4-2)25(23,24)16-7-5-6-12(8-16)17(22)20-15-10-13(18)9-14(19)11-15/h5-11H,3-4H2,1-2H3,(H,20,22). The Bertz CT molecular complexity index is 861. The van der Waals surface area contributed by atoms with Gasteiger partial charge in [0.25, 0.3) is 5.91 Å². The average molecular weight is 368 g/mol. The highest BCUT2D eigenvalue weighted by Crippen LogP contribution is 2.19. The number of halogens is 2. The molecule has 0 spiro atoms. The zero-order valence-electron chi connectivity index (χ0n) is 13.8. The lowest BCUT2D eigenvalue weighted by molar-refractivity contribution is 0.102. The van der Waals surface area contributed by atoms with E-state index in [2.05, 4.69) is 5.32 Å². The van der Waals surface area contributed by atoms with E-state index in [9.17, 15) is 22.0 Å². The number of amides is 1. The number of hydrogen-bond acceptors (Lipinski definition) is 3. The molecule has 0 saturated carbocycles. The Morgan fingerprint density at radius 3 is 2.20 bits per heavy atom. The molecular weight excluding hydrogens is 350 g/mol. The molecule has 2 aromatic carbocycles. The molecule has 1 N–H and O–H groups in total. The third-order valence-electron chi connectivity index (χ3n) is 3.56. The molecule has 0 radical (unpaired) electrons. The smallest absolute Gasteiger partial charge is 0.255 e. The van der Waals surface area contributed by atoms with Crippen molar-refractivity contribution in [2.45, 2.75) is 18.7 Å². The summed E-state index contributed by atoms with van der Waals surface area (Å²) in [6.45, 7) is 4.04. The van der Waals surface area contributed by atoms with Gasteiger partial charge >= 0.3 is 0 Å². The molecule has 1 amide bonds. The normalized spacial score (nSPS) is 11.6. The van der Waals surface area contributed by atoms with E-state index in [0.717, 1.165) is 12.1 Å². The zero-order valence-corrected chi connectivity index (χ0v) is 14.6. The average Bonchev–Trinajstić information content (AvgIpc) is 2.55. The fourth-order valence-electron chi connectivity index (χ4n) is 2.34. The number of sulfonamides is 1. The van der Waals surface area contributed by atoms with Crippen molar-refractivity contribution < 1.29 is 22.0 Å². The molecule has 5 nitrogen and oxygen atoms in total. The molecule has 0 aliphatic heterocycles. The predicted octanol–water partition coefficient (Wildman–Crippen LogP) is 3.25. The molecule has 0 heterocycles. The first kappa shape index (κ1) is 19.0. The summed E-state index contributed by atoms with van der Waals surface area (Å²) in [6.07, 6.45) is 0. The Morgan fingerprint density at radius 2 is 1.64 bits per heavy atom. The molecule has 0 bridgehead atoms. The number of carbonyl (C=O) groups excluding carboxylic acids is 1. The van der Waals surface area contributed by atoms with Gasteiger partial charge in [-0.3, -0.25) is 4.79 Å². The van der Waals surface area contributed by atoms with Gasteiger partial charge < -0.3 is 5.32 Å². The first-order valence-electron chi connectivity index (χ1n) is 7.65. The van der Waals surface area contributed by atoms with Gasteiger partial charge in [0.05, 0.1) is 4.90 Å². The molecule has 0 saturated heterocycles. The van der Waals surface area contributed by atoms with Crippen LogP contribution in [0.4, 0.5) is 14.5 Å². The molecule has 2 rings (SSSR count). The zero-order chi connectivity index (χ0) is 18.6. The van der Waals surface area contributed by atoms with Crippen molar-refractivity contribution in [1.82, 2.24) is 4.31 Å². The Balaban J connectivity index is 2.30. The van der Waals surface area contributed by atoms with E-state index in [1.807, 2.05) is 0 Å². The van der Waals surface area contributed by atoms with Crippen LogP contribution < -0.4 is 5.32 Å². The third kappa shape index (κ3) is 4.40. The van der Waals surface area contributed by atoms with Crippen LogP contribution in [0.2, 0.25) is 0 Å². The predicted molar refractivity (Wildman–Crippen MR) is 90.9 cm³/mol. The SMILES string of the molecule is CCN(CC)S(=O)(=O)c1cccc(C(=O)Nc2cc(F)cc(F)c2)c1. The van der Waals surface area contributed by atoms with Crippen molar-refractivity contribution in [3.05, 3.63) is 59.7 Å². The summed E-state index contributed by atoms with van der Waals surface area (Å²) in [4.78, 5) is 12.2. The van der Waals surface area contributed by atoms with E-state index in [-0.39, 0.29) is 16.1 Å². The van der Waals surface area contributed by atoms with E-state index >= 15 is 0 Å². The Labute approximate surface area is 145 Å². The van der Waals surface area contributed by atoms with Gasteiger partial charge in [-0.15, -0.1) is 0 Å². The molecule has 2 aromatic rings. The fourth-order valence-corrected chi connectivity index (χ4v) is 3.84. The van der Waals surface area contributed by atoms with Crippen LogP contribution in [-0.2, 0) is 10.0 Å². The Morgan fingerprint density at radius 1 is 1.04 bits per heavy atom. The van der Waals surface area contributed by atoms with Gasteiger partial charge in [0, 0.05) is 30.4 Å². The van der Waals surface area contributed by atoms with Crippen LogP contribution in [0.25, 0.3) is 0 Å². The lowest BCUT2D eigenvalue weighted by Crippen LogP contribution is -2.30. The molecule has 0 aliphatic carbocycles. The van der Waals surface area contributed by atoms with Gasteiger partial charge in [-0.1, -0.05) is 19.9 Å². The van der Waals surface area contributed by atoms with Crippen LogP contribution in [0.3, 0.4) is 0 Å². The van der Waals surface area contributed by atoms with E-state index in [0.29, 0.717) is 19.2 Å². The van der Waals surface area contributed by atoms with Gasteiger partial charge in [-0.2, -0.15) is 4.31 Å². The molecule has 25 heavy (non-hydrogen) atoms. The highest BCUT2D eigenvalue weighted by molar-refractivity contribution is 7.89. The number of benzene rings is 2. The van der Waals surface area contributed by atoms with Gasteiger partial charge in [0.15, 0.2) is 0 Å². The monoisotopic (exact) mass is 368 g/mol. The Kier molecular flexibility index (Phi) is 5.86. The number of anilines is 1. The van der Waals surface area contributed by atoms with Crippen molar-refractivity contribution in [3.8, 4) is 0 Å². The summed E-state index contributed by atoms with van der Waals surface area (Å²) >= 11 is 0. The van der Waals surface area contributed by atoms with Crippen LogP contribution >= 0.6 is 0 Å². The maximum atomic E-state index is 13.2. The second kappa shape index (κ2) is 7.71. The molecule has 0 aromatic heterocycles. The van der Waals surface area contributed by atoms with E-state index in [1.54, 1.807) is 13.8 Å². The molecule has 0 fully saturated rings. The third-order valence-corrected chi connectivity index (χ3v) is 5.61. The molecule has 0 atom stereocenters. The molecule has 134 valence electrons. The van der Waals surface area contributed by atoms with Gasteiger partial charge in [0.2, 0.25) is 10.0 Å². The number of nitrogens with one attached hydrogen (secondary N) is 1. The minimum Gasteiger partial charge on any atom is -0.322 e. The Hall–Kier alpha value is -2.32. The molecule has 8 heteroatoms. The lowest BCUT2D eigenvalue weighted by atomic mass is 10.2. The number of nitrogens with zero attached hydrogens (tertiary/aromatic N) is 1. The first-order valence-corrected chi connectivity index (χ1v) is 9.09. The maximum Gasteiger partial charge on any atom is 0.255 e. The molecule has 0 aliphatic rings. The van der Waals surface area contributed by atoms with Crippen LogP contribution in [-0.4, -0.2) is 31.7 Å². The van der Waals surface area contributed by atoms with Gasteiger partial charge in [0.1, 0.15) is 11.6 Å². The van der Waals surface area contributed by atoms with Crippen molar-refractivity contribution in [3.63, 3.8) is 0 Å². The minimum atomic E-state index is -3.71. The van der Waals surface area contributed by atoms with E-state index in [1.165, 1.54) is 28.6 Å². The van der Waals surface area contributed by atoms with Gasteiger partial charge in [-0.25, -0.2) is 17.2 Å². The van der Waals surface area contributed by atoms with Crippen molar-refractivity contribution in [2.75, 3.05) is 18.4 Å². The van der Waals surface area contributed by atoms with Gasteiger partial charge in [-0.05, 0) is 30.3 Å². The highest BCUT2D eigenvalue weighted by Gasteiger charge is 2.22. The second-order valence-corrected chi connectivity index (χ2v) is 7.17. The number of hydrogen-bond donors (Lipinski definition) is 1. The summed E-state index contributed by atoms with van der Waals surface area (Å²) < 4.78 is 52.7. The second-order valence-electron chi connectivity index (χ2n) is 5.23. The number of rotatable bonds is 6. The largest absolute Gasteiger partial charge is 0.322 e. The van der Waals surface area contributed by atoms with E-state index in [4.69, 9.17) is 0 Å². The van der Waals surface area contributed by atoms with Crippen molar-refractivity contribution in [1.29, 1.82) is 0 Å². The summed E-state index contributed by atoms with van der Waals surface area (Å²) in [6, 6.07) is 8.12. The minimum absolute atomic E-state index is 0.0192. The fraction of sp³-hybridized carbons (Fsp3) is 0.235. The van der Waals surface area contributed by atoms with Crippen LogP contribution in [0.15, 0.2) is 47.4 Å². The number of carbonyl (C=O) groups is 1. The highest BCUT2D eigenvalue weighted by atomic mass is 32.2. The summed E-state index contributed by atoms with van der Waals surface area (Å²) in [5, 5.41) is 2.35. The summed E-state index contributed by atoms with van der Waals surface area (Å²) in [5.41, 5.74) is 0.0115. The van der Waals surface area contributed by atoms with Crippen molar-refractivity contribution in [2.24, 2.45) is 0 Å². The molecule has 0 unspecified atom stereocenters. The van der Waals surface area contributed by atoms with Crippen LogP contribution in [0.1, 0.15) is 24.2 Å². The lowest BCUT2D eigenvalue weighted by Gasteiger charge is -2.18. The van der Waals surface area contributed by atoms with Crippen molar-refractivity contribution >= 4 is 21.6 Å². The van der Waals surface area contributed by atoms with Crippen LogP contribution in [0.5, 0.6) is 0 Å². The van der Waals surface area contributed by atoms with E-state index < -0.39 is 27.6 Å². The van der Waals surface area contributed by atoms with Crippen LogP contribution in [0, 0.1) is 11.6 Å². The topological polar surface area (TPSA) is 66.5 Å². The summed E-state index contributed by atoms with van der Waals surface area (Å²) in [7, 11) is -3.71. The first-order chi connectivity index (χ1) is 11.8. The quantitative estimate of drug-likeness (QED) is 0.851. The maximum absolute atomic E-state index is 13.2.